The van der Waals surface area contributed by atoms with E-state index in [1.54, 1.807) is 7.05 Å². The van der Waals surface area contributed by atoms with E-state index < -0.39 is 0 Å². The summed E-state index contributed by atoms with van der Waals surface area (Å²) in [5, 5.41) is 2.88. The molecule has 122 valence electrons. The van der Waals surface area contributed by atoms with Crippen molar-refractivity contribution in [3.63, 3.8) is 0 Å². The lowest BCUT2D eigenvalue weighted by Gasteiger charge is -2.29. The van der Waals surface area contributed by atoms with Crippen LogP contribution in [-0.2, 0) is 4.79 Å². The van der Waals surface area contributed by atoms with Crippen molar-refractivity contribution in [3.05, 3.63) is 0 Å². The highest BCUT2D eigenvalue weighted by Gasteiger charge is 2.26. The van der Waals surface area contributed by atoms with Crippen LogP contribution in [0.5, 0.6) is 0 Å². The SMILES string of the molecule is CNC(=O)C1CCCCCC(C2CCCCCCC2)CC1. The summed E-state index contributed by atoms with van der Waals surface area (Å²) in [4.78, 5) is 12.0. The highest BCUT2D eigenvalue weighted by atomic mass is 16.1. The Morgan fingerprint density at radius 3 is 1.76 bits per heavy atom. The maximum Gasteiger partial charge on any atom is 0.222 e. The Morgan fingerprint density at radius 1 is 0.667 bits per heavy atom. The molecule has 2 aliphatic carbocycles. The molecule has 0 spiro atoms. The summed E-state index contributed by atoms with van der Waals surface area (Å²) in [6.45, 7) is 0. The van der Waals surface area contributed by atoms with Crippen LogP contribution < -0.4 is 5.32 Å². The third-order valence-electron chi connectivity index (χ3n) is 5.95. The first kappa shape index (κ1) is 16.8. The Hall–Kier alpha value is -0.530. The van der Waals surface area contributed by atoms with Crippen LogP contribution in [0.25, 0.3) is 0 Å². The molecule has 0 saturated heterocycles. The molecule has 0 radical (unpaired) electrons. The van der Waals surface area contributed by atoms with Crippen LogP contribution in [-0.4, -0.2) is 13.0 Å². The van der Waals surface area contributed by atoms with Gasteiger partial charge in [0.25, 0.3) is 0 Å². The number of carbonyl (C=O) groups excluding carboxylic acids is 1. The minimum atomic E-state index is 0.282. The number of nitrogens with one attached hydrogen (secondary N) is 1. The van der Waals surface area contributed by atoms with E-state index in [0.29, 0.717) is 0 Å². The average molecular weight is 293 g/mol. The Labute approximate surface area is 131 Å². The lowest BCUT2D eigenvalue weighted by Crippen LogP contribution is -2.28. The second-order valence-electron chi connectivity index (χ2n) is 7.39. The van der Waals surface area contributed by atoms with E-state index in [0.717, 1.165) is 24.7 Å². The van der Waals surface area contributed by atoms with Gasteiger partial charge in [0.2, 0.25) is 5.91 Å². The topological polar surface area (TPSA) is 29.1 Å². The highest BCUT2D eigenvalue weighted by Crippen LogP contribution is 2.36. The first-order valence-electron chi connectivity index (χ1n) is 9.53. The van der Waals surface area contributed by atoms with E-state index in [-0.39, 0.29) is 11.8 Å². The lowest BCUT2D eigenvalue weighted by molar-refractivity contribution is -0.125. The van der Waals surface area contributed by atoms with Crippen molar-refractivity contribution in [3.8, 4) is 0 Å². The molecular formula is C19H35NO. The third-order valence-corrected chi connectivity index (χ3v) is 5.95. The zero-order valence-corrected chi connectivity index (χ0v) is 14.0. The Bertz CT molecular complexity index is 294. The van der Waals surface area contributed by atoms with E-state index in [1.165, 1.54) is 77.0 Å². The molecular weight excluding hydrogens is 258 g/mol. The van der Waals surface area contributed by atoms with Gasteiger partial charge in [-0.3, -0.25) is 4.79 Å². The van der Waals surface area contributed by atoms with E-state index in [2.05, 4.69) is 5.32 Å². The van der Waals surface area contributed by atoms with E-state index in [9.17, 15) is 4.79 Å². The molecule has 0 aromatic heterocycles. The summed E-state index contributed by atoms with van der Waals surface area (Å²) >= 11 is 0. The molecule has 2 aliphatic rings. The van der Waals surface area contributed by atoms with Gasteiger partial charge in [0.05, 0.1) is 0 Å². The average Bonchev–Trinajstić information content (AvgIpc) is 2.58. The van der Waals surface area contributed by atoms with Crippen LogP contribution in [0.15, 0.2) is 0 Å². The predicted molar refractivity (Wildman–Crippen MR) is 89.2 cm³/mol. The minimum absolute atomic E-state index is 0.282. The van der Waals surface area contributed by atoms with E-state index >= 15 is 0 Å². The zero-order valence-electron chi connectivity index (χ0n) is 14.0. The van der Waals surface area contributed by atoms with Crippen molar-refractivity contribution in [2.75, 3.05) is 7.05 Å². The standard InChI is InChI=1S/C19H35NO/c1-20-19(21)18-13-9-5-8-12-17(14-15-18)16-10-6-3-2-4-7-11-16/h16-18H,2-15H2,1H3,(H,20,21). The van der Waals surface area contributed by atoms with Gasteiger partial charge in [0.15, 0.2) is 0 Å². The number of hydrogen-bond donors (Lipinski definition) is 1. The molecule has 1 N–H and O–H groups in total. The Balaban J connectivity index is 1.91. The van der Waals surface area contributed by atoms with Crippen LogP contribution in [0.1, 0.15) is 89.9 Å². The number of carbonyl (C=O) groups is 1. The summed E-state index contributed by atoms with van der Waals surface area (Å²) in [6, 6.07) is 0. The van der Waals surface area contributed by atoms with Gasteiger partial charge < -0.3 is 5.32 Å². The maximum absolute atomic E-state index is 12.0. The third kappa shape index (κ3) is 5.64. The fourth-order valence-electron chi connectivity index (χ4n) is 4.57. The zero-order chi connectivity index (χ0) is 14.9. The molecule has 2 rings (SSSR count). The van der Waals surface area contributed by atoms with Crippen LogP contribution in [0.4, 0.5) is 0 Å². The monoisotopic (exact) mass is 293 g/mol. The Kier molecular flexibility index (Phi) is 7.60. The molecule has 0 heterocycles. The second kappa shape index (κ2) is 9.48. The van der Waals surface area contributed by atoms with Gasteiger partial charge in [-0.05, 0) is 31.1 Å². The van der Waals surface area contributed by atoms with Gasteiger partial charge >= 0.3 is 0 Å². The number of hydrogen-bond acceptors (Lipinski definition) is 1. The predicted octanol–water partition coefficient (Wildman–Crippen LogP) is 5.07. The molecule has 0 aromatic carbocycles. The summed E-state index contributed by atoms with van der Waals surface area (Å²) < 4.78 is 0. The molecule has 21 heavy (non-hydrogen) atoms. The smallest absolute Gasteiger partial charge is 0.222 e. The second-order valence-corrected chi connectivity index (χ2v) is 7.39. The van der Waals surface area contributed by atoms with E-state index in [4.69, 9.17) is 0 Å². The summed E-state index contributed by atoms with van der Waals surface area (Å²) in [5.41, 5.74) is 0. The fourth-order valence-corrected chi connectivity index (χ4v) is 4.57. The van der Waals surface area contributed by atoms with Crippen LogP contribution >= 0.6 is 0 Å². The van der Waals surface area contributed by atoms with Crippen molar-refractivity contribution < 1.29 is 4.79 Å². The van der Waals surface area contributed by atoms with Gasteiger partial charge in [-0.2, -0.15) is 0 Å². The maximum atomic E-state index is 12.0. The molecule has 2 unspecified atom stereocenters. The van der Waals surface area contributed by atoms with Gasteiger partial charge in [-0.15, -0.1) is 0 Å². The van der Waals surface area contributed by atoms with Crippen LogP contribution in [0, 0.1) is 17.8 Å². The van der Waals surface area contributed by atoms with Crippen molar-refractivity contribution in [1.82, 2.24) is 5.32 Å². The normalized spacial score (nSPS) is 30.3. The molecule has 0 aliphatic heterocycles. The first-order chi connectivity index (χ1) is 10.3. The summed E-state index contributed by atoms with van der Waals surface area (Å²) in [6.07, 6.45) is 19.1. The summed E-state index contributed by atoms with van der Waals surface area (Å²) in [5.74, 6) is 2.42. The molecule has 2 fully saturated rings. The van der Waals surface area contributed by atoms with E-state index in [1.807, 2.05) is 0 Å². The molecule has 2 nitrogen and oxygen atoms in total. The molecule has 2 atom stereocenters. The van der Waals surface area contributed by atoms with Crippen molar-refractivity contribution in [1.29, 1.82) is 0 Å². The van der Waals surface area contributed by atoms with Crippen LogP contribution in [0.2, 0.25) is 0 Å². The van der Waals surface area contributed by atoms with Crippen molar-refractivity contribution >= 4 is 5.91 Å². The molecule has 2 heteroatoms. The highest BCUT2D eigenvalue weighted by molar-refractivity contribution is 5.78. The van der Waals surface area contributed by atoms with Crippen LogP contribution in [0.3, 0.4) is 0 Å². The van der Waals surface area contributed by atoms with Gasteiger partial charge in [-0.25, -0.2) is 0 Å². The van der Waals surface area contributed by atoms with Crippen molar-refractivity contribution in [2.45, 2.75) is 89.9 Å². The molecule has 0 aromatic rings. The van der Waals surface area contributed by atoms with Gasteiger partial charge in [-0.1, -0.05) is 70.6 Å². The van der Waals surface area contributed by atoms with Gasteiger partial charge in [0.1, 0.15) is 0 Å². The van der Waals surface area contributed by atoms with Crippen molar-refractivity contribution in [2.24, 2.45) is 17.8 Å². The van der Waals surface area contributed by atoms with Gasteiger partial charge in [0, 0.05) is 13.0 Å². The first-order valence-corrected chi connectivity index (χ1v) is 9.53. The number of rotatable bonds is 2. The molecule has 0 bridgehead atoms. The largest absolute Gasteiger partial charge is 0.359 e. The molecule has 1 amide bonds. The fraction of sp³-hybridized carbons (Fsp3) is 0.947. The Morgan fingerprint density at radius 2 is 1.14 bits per heavy atom. The number of amides is 1. The summed E-state index contributed by atoms with van der Waals surface area (Å²) in [7, 11) is 1.79. The quantitative estimate of drug-likeness (QED) is 0.756. The minimum Gasteiger partial charge on any atom is -0.359 e. The lowest BCUT2D eigenvalue weighted by atomic mass is 9.77. The molecule has 2 saturated carbocycles.